The molecule has 0 saturated heterocycles. The number of carbonyl (C=O) groups is 2. The molecule has 24 heavy (non-hydrogen) atoms. The van der Waals surface area contributed by atoms with E-state index in [1.165, 1.54) is 30.3 Å². The number of aliphatic carboxylic acids is 1. The number of hydrogen-bond acceptors (Lipinski definition) is 5. The maximum absolute atomic E-state index is 12.6. The minimum Gasteiger partial charge on any atom is -0.508 e. The maximum atomic E-state index is 12.6. The minimum atomic E-state index is -1.17. The molecule has 0 aliphatic heterocycles. The number of carboxylic acid groups (broad SMARTS) is 1. The van der Waals surface area contributed by atoms with Crippen LogP contribution in [0, 0.1) is 0 Å². The average molecular weight is 370 g/mol. The number of carboxylic acids is 1. The molecule has 4 N–H and O–H groups in total. The third kappa shape index (κ3) is 3.79. The van der Waals surface area contributed by atoms with Crippen LogP contribution in [-0.4, -0.2) is 28.6 Å². The van der Waals surface area contributed by atoms with E-state index in [1.807, 2.05) is 0 Å². The maximum Gasteiger partial charge on any atom is 0.341 e. The Bertz CT molecular complexity index is 807. The van der Waals surface area contributed by atoms with Gasteiger partial charge in [0.25, 0.3) is 0 Å². The lowest BCUT2D eigenvalue weighted by Crippen LogP contribution is -2.10. The van der Waals surface area contributed by atoms with Crippen molar-refractivity contribution in [2.45, 2.75) is 6.54 Å². The van der Waals surface area contributed by atoms with Crippen molar-refractivity contribution < 1.29 is 24.5 Å². The van der Waals surface area contributed by atoms with Gasteiger partial charge in [-0.3, -0.25) is 4.79 Å². The van der Waals surface area contributed by atoms with Gasteiger partial charge in [0.05, 0.1) is 5.02 Å². The van der Waals surface area contributed by atoms with Gasteiger partial charge in [-0.2, -0.15) is 0 Å². The topological polar surface area (TPSA) is 110 Å². The van der Waals surface area contributed by atoms with Crippen molar-refractivity contribution in [1.29, 1.82) is 0 Å². The number of ketones is 1. The van der Waals surface area contributed by atoms with Crippen LogP contribution < -0.4 is 10.5 Å². The predicted octanol–water partition coefficient (Wildman–Crippen LogP) is 2.85. The zero-order valence-electron chi connectivity index (χ0n) is 12.3. The number of halogens is 2. The van der Waals surface area contributed by atoms with E-state index in [0.717, 1.165) is 0 Å². The van der Waals surface area contributed by atoms with E-state index in [4.69, 9.17) is 38.8 Å². The van der Waals surface area contributed by atoms with Crippen molar-refractivity contribution >= 4 is 35.0 Å². The Kier molecular flexibility index (Phi) is 5.66. The lowest BCUT2D eigenvalue weighted by atomic mass is 10.0. The number of aromatic hydroxyl groups is 1. The number of nitrogens with two attached hydrogens (primary N) is 1. The van der Waals surface area contributed by atoms with Crippen LogP contribution in [0.15, 0.2) is 30.3 Å². The second-order valence-corrected chi connectivity index (χ2v) is 5.55. The summed E-state index contributed by atoms with van der Waals surface area (Å²) in [6.07, 6.45) is 0. The molecule has 0 amide bonds. The lowest BCUT2D eigenvalue weighted by Gasteiger charge is -2.11. The SMILES string of the molecule is NCc1cc(C(=O)c2ccc(OCC(=O)O)c(Cl)c2Cl)ccc1O. The number of ether oxygens (including phenoxy) is 1. The van der Waals surface area contributed by atoms with Crippen LogP contribution in [0.1, 0.15) is 21.5 Å². The van der Waals surface area contributed by atoms with E-state index in [1.54, 1.807) is 0 Å². The normalized spacial score (nSPS) is 10.5. The Hall–Kier alpha value is -2.28. The van der Waals surface area contributed by atoms with Crippen molar-refractivity contribution in [1.82, 2.24) is 0 Å². The summed E-state index contributed by atoms with van der Waals surface area (Å²) < 4.78 is 4.99. The van der Waals surface area contributed by atoms with Crippen molar-refractivity contribution in [2.75, 3.05) is 6.61 Å². The quantitative estimate of drug-likeness (QED) is 0.675. The van der Waals surface area contributed by atoms with Gasteiger partial charge in [0, 0.05) is 23.2 Å². The van der Waals surface area contributed by atoms with Crippen molar-refractivity contribution in [3.63, 3.8) is 0 Å². The van der Waals surface area contributed by atoms with Crippen molar-refractivity contribution in [2.24, 2.45) is 5.73 Å². The number of phenols is 1. The second kappa shape index (κ2) is 7.53. The number of hydrogen-bond donors (Lipinski definition) is 3. The number of phenolic OH excluding ortho intramolecular Hbond substituents is 1. The molecule has 0 atom stereocenters. The first-order chi connectivity index (χ1) is 11.3. The third-order valence-corrected chi connectivity index (χ3v) is 4.07. The summed E-state index contributed by atoms with van der Waals surface area (Å²) in [6, 6.07) is 7.04. The zero-order chi connectivity index (χ0) is 17.9. The molecule has 0 aliphatic carbocycles. The second-order valence-electron chi connectivity index (χ2n) is 4.80. The van der Waals surface area contributed by atoms with Crippen molar-refractivity contribution in [3.05, 3.63) is 57.1 Å². The fourth-order valence-corrected chi connectivity index (χ4v) is 2.47. The summed E-state index contributed by atoms with van der Waals surface area (Å²) in [7, 11) is 0. The van der Waals surface area contributed by atoms with Gasteiger partial charge < -0.3 is 20.7 Å². The summed E-state index contributed by atoms with van der Waals surface area (Å²) in [6.45, 7) is -0.509. The van der Waals surface area contributed by atoms with Crippen LogP contribution in [0.25, 0.3) is 0 Å². The Balaban J connectivity index is 2.36. The molecular formula is C16H13Cl2NO5. The number of carbonyl (C=O) groups excluding carboxylic acids is 1. The standard InChI is InChI=1S/C16H13Cl2NO5/c17-14-10(2-4-12(15(14)18)24-7-13(21)22)16(23)8-1-3-11(20)9(5-8)6-19/h1-5,20H,6-7,19H2,(H,21,22). The highest BCUT2D eigenvalue weighted by atomic mass is 35.5. The molecule has 0 unspecified atom stereocenters. The van der Waals surface area contributed by atoms with E-state index >= 15 is 0 Å². The summed E-state index contributed by atoms with van der Waals surface area (Å²) in [5.74, 6) is -1.52. The van der Waals surface area contributed by atoms with E-state index < -0.39 is 18.4 Å². The van der Waals surface area contributed by atoms with Crippen LogP contribution in [0.5, 0.6) is 11.5 Å². The average Bonchev–Trinajstić information content (AvgIpc) is 2.56. The molecule has 6 nitrogen and oxygen atoms in total. The van der Waals surface area contributed by atoms with E-state index in [9.17, 15) is 14.7 Å². The van der Waals surface area contributed by atoms with Gasteiger partial charge in [-0.1, -0.05) is 23.2 Å². The monoisotopic (exact) mass is 369 g/mol. The van der Waals surface area contributed by atoms with E-state index in [2.05, 4.69) is 0 Å². The van der Waals surface area contributed by atoms with Gasteiger partial charge in [-0.15, -0.1) is 0 Å². The molecule has 0 aliphatic rings. The molecule has 0 heterocycles. The van der Waals surface area contributed by atoms with Gasteiger partial charge in [-0.05, 0) is 30.3 Å². The molecule has 2 rings (SSSR count). The van der Waals surface area contributed by atoms with Crippen LogP contribution in [0.4, 0.5) is 0 Å². The first-order valence-electron chi connectivity index (χ1n) is 6.74. The number of benzene rings is 2. The molecule has 2 aromatic rings. The van der Waals surface area contributed by atoms with E-state index in [-0.39, 0.29) is 39.2 Å². The fraction of sp³-hybridized carbons (Fsp3) is 0.125. The van der Waals surface area contributed by atoms with Crippen LogP contribution in [-0.2, 0) is 11.3 Å². The fourth-order valence-electron chi connectivity index (χ4n) is 2.00. The summed E-state index contributed by atoms with van der Waals surface area (Å²) in [4.78, 5) is 23.1. The molecule has 0 radical (unpaired) electrons. The first kappa shape index (κ1) is 18.1. The largest absolute Gasteiger partial charge is 0.508 e. The minimum absolute atomic E-state index is 0.00408. The zero-order valence-corrected chi connectivity index (χ0v) is 13.8. The van der Waals surface area contributed by atoms with Gasteiger partial charge >= 0.3 is 5.97 Å². The Labute approximate surface area is 147 Å². The highest BCUT2D eigenvalue weighted by molar-refractivity contribution is 6.45. The Morgan fingerprint density at radius 1 is 1.12 bits per heavy atom. The van der Waals surface area contributed by atoms with E-state index in [0.29, 0.717) is 5.56 Å². The highest BCUT2D eigenvalue weighted by Crippen LogP contribution is 2.36. The molecular weight excluding hydrogens is 357 g/mol. The predicted molar refractivity (Wildman–Crippen MR) is 89.0 cm³/mol. The van der Waals surface area contributed by atoms with Crippen LogP contribution >= 0.6 is 23.2 Å². The van der Waals surface area contributed by atoms with Gasteiger partial charge in [0.2, 0.25) is 0 Å². The Morgan fingerprint density at radius 2 is 1.83 bits per heavy atom. The lowest BCUT2D eigenvalue weighted by molar-refractivity contribution is -0.139. The highest BCUT2D eigenvalue weighted by Gasteiger charge is 2.19. The molecule has 0 fully saturated rings. The first-order valence-corrected chi connectivity index (χ1v) is 7.50. The third-order valence-electron chi connectivity index (χ3n) is 3.20. The molecule has 0 saturated carbocycles. The van der Waals surface area contributed by atoms with Gasteiger partial charge in [-0.25, -0.2) is 4.79 Å². The van der Waals surface area contributed by atoms with Gasteiger partial charge in [0.15, 0.2) is 12.4 Å². The number of rotatable bonds is 6. The van der Waals surface area contributed by atoms with Gasteiger partial charge in [0.1, 0.15) is 16.5 Å². The molecule has 8 heteroatoms. The smallest absolute Gasteiger partial charge is 0.341 e. The molecule has 126 valence electrons. The summed E-state index contributed by atoms with van der Waals surface area (Å²) in [5, 5.41) is 18.1. The molecule has 2 aromatic carbocycles. The summed E-state index contributed by atoms with van der Waals surface area (Å²) in [5.41, 5.74) is 6.33. The summed E-state index contributed by atoms with van der Waals surface area (Å²) >= 11 is 12.1. The molecule has 0 spiro atoms. The molecule has 0 bridgehead atoms. The molecule has 0 aromatic heterocycles. The Morgan fingerprint density at radius 3 is 2.46 bits per heavy atom. The van der Waals surface area contributed by atoms with Crippen LogP contribution in [0.3, 0.4) is 0 Å². The van der Waals surface area contributed by atoms with Crippen molar-refractivity contribution in [3.8, 4) is 11.5 Å². The van der Waals surface area contributed by atoms with Crippen LogP contribution in [0.2, 0.25) is 10.0 Å².